The van der Waals surface area contributed by atoms with Crippen molar-refractivity contribution in [1.82, 2.24) is 19.9 Å². The molecule has 3 aromatic rings. The molecule has 1 N–H and O–H groups in total. The van der Waals surface area contributed by atoms with Crippen LogP contribution in [0.25, 0.3) is 22.6 Å². The van der Waals surface area contributed by atoms with Gasteiger partial charge in [0.05, 0.1) is 12.3 Å². The Kier molecular flexibility index (Phi) is 6.12. The van der Waals surface area contributed by atoms with E-state index >= 15 is 0 Å². The van der Waals surface area contributed by atoms with Gasteiger partial charge in [-0.3, -0.25) is 14.7 Å². The summed E-state index contributed by atoms with van der Waals surface area (Å²) >= 11 is 0. The number of nitrogens with one attached hydrogen (secondary N) is 1. The van der Waals surface area contributed by atoms with Crippen LogP contribution in [0.5, 0.6) is 0 Å². The Morgan fingerprint density at radius 1 is 1.14 bits per heavy atom. The molecule has 0 aliphatic carbocycles. The molecule has 1 aliphatic rings. The van der Waals surface area contributed by atoms with E-state index in [1.807, 2.05) is 24.3 Å². The highest BCUT2D eigenvalue weighted by Crippen LogP contribution is 2.22. The SMILES string of the molecule is COCC1CCCN(Cc2ccc(-c3nc(-c4ccncc4)cc(=O)[nH]3)cc2)C1. The maximum Gasteiger partial charge on any atom is 0.251 e. The minimum absolute atomic E-state index is 0.164. The number of pyridine rings is 1. The first-order valence-corrected chi connectivity index (χ1v) is 10.0. The summed E-state index contributed by atoms with van der Waals surface area (Å²) in [5.41, 5.74) is 3.52. The third kappa shape index (κ3) is 4.96. The van der Waals surface area contributed by atoms with Crippen molar-refractivity contribution < 1.29 is 4.74 Å². The van der Waals surface area contributed by atoms with Gasteiger partial charge >= 0.3 is 0 Å². The molecule has 6 heteroatoms. The van der Waals surface area contributed by atoms with Gasteiger partial charge in [-0.15, -0.1) is 0 Å². The number of aromatic amines is 1. The first-order chi connectivity index (χ1) is 14.2. The molecular weight excluding hydrogens is 364 g/mol. The molecule has 6 nitrogen and oxygen atoms in total. The van der Waals surface area contributed by atoms with Crippen molar-refractivity contribution in [1.29, 1.82) is 0 Å². The predicted octanol–water partition coefficient (Wildman–Crippen LogP) is 3.36. The van der Waals surface area contributed by atoms with Crippen LogP contribution in [-0.2, 0) is 11.3 Å². The largest absolute Gasteiger partial charge is 0.384 e. The third-order valence-corrected chi connectivity index (χ3v) is 5.36. The fourth-order valence-corrected chi connectivity index (χ4v) is 3.96. The molecule has 0 radical (unpaired) electrons. The Bertz CT molecular complexity index is 984. The molecule has 1 unspecified atom stereocenters. The van der Waals surface area contributed by atoms with E-state index in [4.69, 9.17) is 4.74 Å². The number of rotatable bonds is 6. The Hall–Kier alpha value is -2.83. The molecule has 1 atom stereocenters. The van der Waals surface area contributed by atoms with Crippen LogP contribution in [0.1, 0.15) is 18.4 Å². The molecule has 3 heterocycles. The monoisotopic (exact) mass is 390 g/mol. The van der Waals surface area contributed by atoms with Gasteiger partial charge in [0.1, 0.15) is 5.82 Å². The van der Waals surface area contributed by atoms with E-state index in [1.165, 1.54) is 24.5 Å². The van der Waals surface area contributed by atoms with E-state index in [-0.39, 0.29) is 5.56 Å². The third-order valence-electron chi connectivity index (χ3n) is 5.36. The van der Waals surface area contributed by atoms with Gasteiger partial charge < -0.3 is 9.72 Å². The molecule has 0 amide bonds. The Labute approximate surface area is 170 Å². The zero-order chi connectivity index (χ0) is 20.1. The van der Waals surface area contributed by atoms with E-state index in [0.717, 1.165) is 37.4 Å². The smallest absolute Gasteiger partial charge is 0.251 e. The van der Waals surface area contributed by atoms with Crippen molar-refractivity contribution in [3.8, 4) is 22.6 Å². The zero-order valence-corrected chi connectivity index (χ0v) is 16.7. The average Bonchev–Trinajstić information content (AvgIpc) is 2.75. The molecular formula is C23H26N4O2. The van der Waals surface area contributed by atoms with Crippen LogP contribution in [0, 0.1) is 5.92 Å². The lowest BCUT2D eigenvalue weighted by atomic mass is 9.98. The molecule has 0 spiro atoms. The molecule has 0 bridgehead atoms. The highest BCUT2D eigenvalue weighted by molar-refractivity contribution is 5.63. The topological polar surface area (TPSA) is 71.1 Å². The normalized spacial score (nSPS) is 17.3. The lowest BCUT2D eigenvalue weighted by molar-refractivity contribution is 0.0874. The second kappa shape index (κ2) is 9.11. The maximum absolute atomic E-state index is 12.1. The molecule has 2 aromatic heterocycles. The quantitative estimate of drug-likeness (QED) is 0.699. The average molecular weight is 390 g/mol. The van der Waals surface area contributed by atoms with Gasteiger partial charge in [0.25, 0.3) is 5.56 Å². The molecule has 4 rings (SSSR count). The molecule has 150 valence electrons. The van der Waals surface area contributed by atoms with Gasteiger partial charge in [0.15, 0.2) is 0 Å². The molecule has 1 aromatic carbocycles. The van der Waals surface area contributed by atoms with Crippen LogP contribution >= 0.6 is 0 Å². The summed E-state index contributed by atoms with van der Waals surface area (Å²) in [6.07, 6.45) is 5.87. The fourth-order valence-electron chi connectivity index (χ4n) is 3.96. The Balaban J connectivity index is 1.49. The van der Waals surface area contributed by atoms with Crippen LogP contribution in [0.4, 0.5) is 0 Å². The van der Waals surface area contributed by atoms with Crippen LogP contribution in [0.3, 0.4) is 0 Å². The van der Waals surface area contributed by atoms with Gasteiger partial charge in [-0.25, -0.2) is 4.98 Å². The maximum atomic E-state index is 12.1. The lowest BCUT2D eigenvalue weighted by Gasteiger charge is -2.32. The summed E-state index contributed by atoms with van der Waals surface area (Å²) in [6, 6.07) is 13.5. The number of hydrogen-bond acceptors (Lipinski definition) is 5. The summed E-state index contributed by atoms with van der Waals surface area (Å²) in [5, 5.41) is 0. The predicted molar refractivity (Wildman–Crippen MR) is 113 cm³/mol. The Morgan fingerprint density at radius 3 is 2.69 bits per heavy atom. The molecule has 1 saturated heterocycles. The highest BCUT2D eigenvalue weighted by Gasteiger charge is 2.19. The molecule has 0 saturated carbocycles. The summed E-state index contributed by atoms with van der Waals surface area (Å²) < 4.78 is 5.33. The van der Waals surface area contributed by atoms with Crippen molar-refractivity contribution in [2.45, 2.75) is 19.4 Å². The summed E-state index contributed by atoms with van der Waals surface area (Å²) in [4.78, 5) is 26.1. The standard InChI is InChI=1S/C23H26N4O2/c1-29-16-18-3-2-12-27(15-18)14-17-4-6-20(7-5-17)23-25-21(13-22(28)26-23)19-8-10-24-11-9-19/h4-11,13,18H,2-3,12,14-16H2,1H3,(H,25,26,28). The second-order valence-corrected chi connectivity index (χ2v) is 7.61. The first kappa shape index (κ1) is 19.5. The van der Waals surface area contributed by atoms with Gasteiger partial charge in [-0.05, 0) is 43.0 Å². The van der Waals surface area contributed by atoms with Crippen molar-refractivity contribution in [2.75, 3.05) is 26.8 Å². The number of hydrogen-bond donors (Lipinski definition) is 1. The minimum atomic E-state index is -0.164. The van der Waals surface area contributed by atoms with Crippen LogP contribution in [0.15, 0.2) is 59.7 Å². The second-order valence-electron chi connectivity index (χ2n) is 7.61. The highest BCUT2D eigenvalue weighted by atomic mass is 16.5. The number of piperidine rings is 1. The van der Waals surface area contributed by atoms with Gasteiger partial charge in [0, 0.05) is 49.8 Å². The number of nitrogens with zero attached hydrogens (tertiary/aromatic N) is 3. The number of likely N-dealkylation sites (tertiary alicyclic amines) is 1. The van der Waals surface area contributed by atoms with E-state index in [0.29, 0.717) is 17.4 Å². The zero-order valence-electron chi connectivity index (χ0n) is 16.7. The summed E-state index contributed by atoms with van der Waals surface area (Å²) in [5.74, 6) is 1.20. The molecule has 1 fully saturated rings. The van der Waals surface area contributed by atoms with Crippen molar-refractivity contribution in [3.63, 3.8) is 0 Å². The minimum Gasteiger partial charge on any atom is -0.384 e. The fraction of sp³-hybridized carbons (Fsp3) is 0.348. The van der Waals surface area contributed by atoms with Gasteiger partial charge in [0.2, 0.25) is 0 Å². The van der Waals surface area contributed by atoms with E-state index in [2.05, 4.69) is 32.0 Å². The van der Waals surface area contributed by atoms with Gasteiger partial charge in [-0.2, -0.15) is 0 Å². The number of H-pyrrole nitrogens is 1. The van der Waals surface area contributed by atoms with Crippen molar-refractivity contribution in [2.24, 2.45) is 5.92 Å². The van der Waals surface area contributed by atoms with E-state index < -0.39 is 0 Å². The number of ether oxygens (including phenoxy) is 1. The summed E-state index contributed by atoms with van der Waals surface area (Å²) in [6.45, 7) is 3.98. The number of benzene rings is 1. The van der Waals surface area contributed by atoms with Crippen LogP contribution in [0.2, 0.25) is 0 Å². The van der Waals surface area contributed by atoms with Crippen molar-refractivity contribution in [3.05, 3.63) is 70.8 Å². The number of methoxy groups -OCH3 is 1. The number of aromatic nitrogens is 3. The molecule has 29 heavy (non-hydrogen) atoms. The lowest BCUT2D eigenvalue weighted by Crippen LogP contribution is -2.36. The molecule has 1 aliphatic heterocycles. The van der Waals surface area contributed by atoms with E-state index in [9.17, 15) is 4.79 Å². The first-order valence-electron chi connectivity index (χ1n) is 10.0. The van der Waals surface area contributed by atoms with E-state index in [1.54, 1.807) is 19.5 Å². The van der Waals surface area contributed by atoms with Gasteiger partial charge in [-0.1, -0.05) is 24.3 Å². The van der Waals surface area contributed by atoms with Crippen molar-refractivity contribution >= 4 is 0 Å². The van der Waals surface area contributed by atoms with Crippen LogP contribution in [-0.4, -0.2) is 46.7 Å². The Morgan fingerprint density at radius 2 is 1.93 bits per heavy atom. The summed E-state index contributed by atoms with van der Waals surface area (Å²) in [7, 11) is 1.78. The van der Waals surface area contributed by atoms with Crippen LogP contribution < -0.4 is 5.56 Å².